The zero-order chi connectivity index (χ0) is 35.8. The van der Waals surface area contributed by atoms with Gasteiger partial charge in [-0.3, -0.25) is 9.97 Å². The lowest BCUT2D eigenvalue weighted by Crippen LogP contribution is -1.94. The highest BCUT2D eigenvalue weighted by atomic mass is 32.1. The third kappa shape index (κ3) is 5.88. The molecule has 0 radical (unpaired) electrons. The summed E-state index contributed by atoms with van der Waals surface area (Å²) in [5.41, 5.74) is 18.7. The number of aromatic nitrogens is 4. The first kappa shape index (κ1) is 32.1. The maximum absolute atomic E-state index is 4.93. The van der Waals surface area contributed by atoms with Crippen molar-refractivity contribution in [3.8, 4) is 78.4 Å². The van der Waals surface area contributed by atoms with Gasteiger partial charge in [-0.05, 0) is 102 Å². The van der Waals surface area contributed by atoms with Gasteiger partial charge in [0.15, 0.2) is 0 Å². The fourth-order valence-corrected chi connectivity index (χ4v) is 8.52. The van der Waals surface area contributed by atoms with Crippen LogP contribution in [-0.4, -0.2) is 19.9 Å². The second kappa shape index (κ2) is 13.7. The van der Waals surface area contributed by atoms with Gasteiger partial charge < -0.3 is 0 Å². The fraction of sp³-hybridized carbons (Fsp3) is 0. The highest BCUT2D eigenvalue weighted by molar-refractivity contribution is 7.08. The molecule has 0 unspecified atom stereocenters. The minimum Gasteiger partial charge on any atom is -0.254 e. The molecule has 6 heteroatoms. The first-order valence-corrected chi connectivity index (χ1v) is 19.6. The summed E-state index contributed by atoms with van der Waals surface area (Å²) in [4.78, 5) is 18.8. The third-order valence-corrected chi connectivity index (χ3v) is 11.2. The second-order valence-electron chi connectivity index (χ2n) is 13.2. The normalized spacial score (nSPS) is 11.3. The van der Waals surface area contributed by atoms with Crippen molar-refractivity contribution in [2.45, 2.75) is 0 Å². The molecule has 0 fully saturated rings. The van der Waals surface area contributed by atoms with Crippen molar-refractivity contribution in [1.82, 2.24) is 19.9 Å². The second-order valence-corrected chi connectivity index (χ2v) is 14.6. The molecule has 4 nitrogen and oxygen atoms in total. The highest BCUT2D eigenvalue weighted by Crippen LogP contribution is 2.45. The van der Waals surface area contributed by atoms with Gasteiger partial charge in [0.25, 0.3) is 0 Å². The van der Waals surface area contributed by atoms with Crippen molar-refractivity contribution in [1.29, 1.82) is 0 Å². The molecule has 4 aromatic heterocycles. The van der Waals surface area contributed by atoms with E-state index in [4.69, 9.17) is 9.97 Å². The van der Waals surface area contributed by atoms with Crippen LogP contribution >= 0.6 is 22.7 Å². The van der Waals surface area contributed by atoms with Crippen LogP contribution in [0.2, 0.25) is 0 Å². The molecule has 0 aliphatic carbocycles. The molecule has 0 amide bonds. The summed E-state index contributed by atoms with van der Waals surface area (Å²) in [7, 11) is 0. The van der Waals surface area contributed by atoms with Crippen molar-refractivity contribution in [3.63, 3.8) is 0 Å². The molecular weight excluding hydrogens is 697 g/mol. The predicted octanol–water partition coefficient (Wildman–Crippen LogP) is 13.4. The molecule has 0 saturated carbocycles. The maximum atomic E-state index is 4.93. The standard InChI is InChI=1S/C48H30N4S2/c1-3-9-31(10-4-1)36-21-37(32-11-5-2-6-12-32)23-38(22-36)33-15-18-41-42(24-33)48(35-17-20-44(50-26-35)46-28-54-30-52-46)40-14-8-7-13-39(40)47(41)34-16-19-43(49-25-34)45-27-53-29-51-45/h1-30H. The molecule has 0 bridgehead atoms. The van der Waals surface area contributed by atoms with Crippen LogP contribution in [0.4, 0.5) is 0 Å². The summed E-state index contributed by atoms with van der Waals surface area (Å²) in [5, 5.41) is 8.70. The minimum atomic E-state index is 0.864. The van der Waals surface area contributed by atoms with Gasteiger partial charge in [-0.25, -0.2) is 9.97 Å². The first-order chi connectivity index (χ1) is 26.8. The number of hydrogen-bond donors (Lipinski definition) is 0. The lowest BCUT2D eigenvalue weighted by Gasteiger charge is -2.19. The number of thiazole rings is 2. The molecule has 0 aliphatic heterocycles. The van der Waals surface area contributed by atoms with Crippen LogP contribution in [0.3, 0.4) is 0 Å². The summed E-state index contributed by atoms with van der Waals surface area (Å²) in [6.45, 7) is 0. The fourth-order valence-electron chi connectivity index (χ4n) is 7.43. The van der Waals surface area contributed by atoms with Crippen molar-refractivity contribution >= 4 is 44.2 Å². The Morgan fingerprint density at radius 1 is 0.296 bits per heavy atom. The molecule has 10 aromatic rings. The van der Waals surface area contributed by atoms with Gasteiger partial charge in [-0.2, -0.15) is 0 Å². The van der Waals surface area contributed by atoms with Crippen LogP contribution < -0.4 is 0 Å². The van der Waals surface area contributed by atoms with Gasteiger partial charge in [0.2, 0.25) is 0 Å². The molecule has 4 heterocycles. The average Bonchev–Trinajstić information content (AvgIpc) is 4.00. The zero-order valence-electron chi connectivity index (χ0n) is 28.9. The number of benzene rings is 6. The number of rotatable bonds is 7. The van der Waals surface area contributed by atoms with Gasteiger partial charge >= 0.3 is 0 Å². The summed E-state index contributed by atoms with van der Waals surface area (Å²) >= 11 is 3.15. The number of nitrogens with zero attached hydrogens (tertiary/aromatic N) is 4. The Morgan fingerprint density at radius 3 is 1.20 bits per heavy atom. The quantitative estimate of drug-likeness (QED) is 0.153. The molecule has 0 saturated heterocycles. The van der Waals surface area contributed by atoms with E-state index in [1.807, 2.05) is 34.2 Å². The van der Waals surface area contributed by atoms with E-state index in [1.54, 1.807) is 22.7 Å². The topological polar surface area (TPSA) is 51.6 Å². The van der Waals surface area contributed by atoms with Gasteiger partial charge in [0.05, 0.1) is 33.8 Å². The molecule has 10 rings (SSSR count). The Morgan fingerprint density at radius 2 is 0.741 bits per heavy atom. The molecule has 0 spiro atoms. The monoisotopic (exact) mass is 726 g/mol. The van der Waals surface area contributed by atoms with Gasteiger partial charge in [-0.1, -0.05) is 109 Å². The smallest absolute Gasteiger partial charge is 0.0995 e. The summed E-state index contributed by atoms with van der Waals surface area (Å²) < 4.78 is 0. The molecule has 254 valence electrons. The van der Waals surface area contributed by atoms with Crippen molar-refractivity contribution in [2.24, 2.45) is 0 Å². The Hall–Kier alpha value is -6.60. The van der Waals surface area contributed by atoms with Crippen LogP contribution in [0.5, 0.6) is 0 Å². The van der Waals surface area contributed by atoms with Crippen LogP contribution in [-0.2, 0) is 0 Å². The summed E-state index contributed by atoms with van der Waals surface area (Å²) in [5.74, 6) is 0. The van der Waals surface area contributed by atoms with E-state index < -0.39 is 0 Å². The van der Waals surface area contributed by atoms with Crippen molar-refractivity contribution < 1.29 is 0 Å². The molecule has 6 aromatic carbocycles. The Kier molecular flexibility index (Phi) is 8.17. The van der Waals surface area contributed by atoms with Crippen LogP contribution in [0, 0.1) is 0 Å². The van der Waals surface area contributed by atoms with E-state index in [0.717, 1.165) is 77.7 Å². The summed E-state index contributed by atoms with van der Waals surface area (Å²) in [6.07, 6.45) is 3.99. The third-order valence-electron chi connectivity index (χ3n) is 10.00. The first-order valence-electron chi connectivity index (χ1n) is 17.7. The van der Waals surface area contributed by atoms with Crippen LogP contribution in [0.25, 0.3) is 100.0 Å². The van der Waals surface area contributed by atoms with Crippen LogP contribution in [0.15, 0.2) is 180 Å². The summed E-state index contributed by atoms with van der Waals surface area (Å²) in [6, 6.07) is 52.3. The average molecular weight is 727 g/mol. The number of fused-ring (bicyclic) bond motifs is 2. The van der Waals surface area contributed by atoms with Gasteiger partial charge in [0.1, 0.15) is 0 Å². The van der Waals surface area contributed by atoms with E-state index >= 15 is 0 Å². The van der Waals surface area contributed by atoms with Crippen molar-refractivity contribution in [3.05, 3.63) is 180 Å². The number of hydrogen-bond acceptors (Lipinski definition) is 6. The minimum absolute atomic E-state index is 0.864. The zero-order valence-corrected chi connectivity index (χ0v) is 30.6. The molecular formula is C48H30N4S2. The molecule has 0 atom stereocenters. The van der Waals surface area contributed by atoms with Gasteiger partial charge in [-0.15, -0.1) is 22.7 Å². The lowest BCUT2D eigenvalue weighted by atomic mass is 9.85. The lowest BCUT2D eigenvalue weighted by molar-refractivity contribution is 1.28. The van der Waals surface area contributed by atoms with E-state index in [1.165, 1.54) is 22.3 Å². The van der Waals surface area contributed by atoms with Crippen molar-refractivity contribution in [2.75, 3.05) is 0 Å². The SMILES string of the molecule is c1ccc(-c2cc(-c3ccccc3)cc(-c3ccc4c(-c5ccc(-c6cscn6)nc5)c5ccccc5c(-c5ccc(-c6cscn6)nc5)c4c3)c2)cc1. The maximum Gasteiger partial charge on any atom is 0.0995 e. The van der Waals surface area contributed by atoms with E-state index in [2.05, 4.69) is 156 Å². The van der Waals surface area contributed by atoms with E-state index in [-0.39, 0.29) is 0 Å². The molecule has 54 heavy (non-hydrogen) atoms. The molecule has 0 N–H and O–H groups in total. The largest absolute Gasteiger partial charge is 0.254 e. The predicted molar refractivity (Wildman–Crippen MR) is 226 cm³/mol. The number of pyridine rings is 2. The Balaban J connectivity index is 1.23. The Labute approximate surface area is 320 Å². The highest BCUT2D eigenvalue weighted by Gasteiger charge is 2.19. The van der Waals surface area contributed by atoms with E-state index in [0.29, 0.717) is 0 Å². The van der Waals surface area contributed by atoms with Gasteiger partial charge in [0, 0.05) is 34.3 Å². The van der Waals surface area contributed by atoms with Crippen LogP contribution in [0.1, 0.15) is 0 Å². The Bertz CT molecular complexity index is 2830. The van der Waals surface area contributed by atoms with E-state index in [9.17, 15) is 0 Å². The molecule has 0 aliphatic rings.